The van der Waals surface area contributed by atoms with Crippen LogP contribution >= 0.6 is 11.3 Å². The van der Waals surface area contributed by atoms with Gasteiger partial charge >= 0.3 is 0 Å². The number of rotatable bonds is 8. The first kappa shape index (κ1) is 16.9. The Kier molecular flexibility index (Phi) is 5.15. The van der Waals surface area contributed by atoms with E-state index >= 15 is 0 Å². The largest absolute Gasteiger partial charge is 0.486 e. The first-order valence-corrected chi connectivity index (χ1v) is 10.3. The topological polar surface area (TPSA) is 85.4 Å². The lowest BCUT2D eigenvalue weighted by molar-refractivity contribution is -0.118. The monoisotopic (exact) mass is 366 g/mol. The van der Waals surface area contributed by atoms with Crippen LogP contribution in [0.1, 0.15) is 23.5 Å². The summed E-state index contributed by atoms with van der Waals surface area (Å²) >= 11 is 1.35. The fourth-order valence-corrected chi connectivity index (χ4v) is 4.11. The van der Waals surface area contributed by atoms with Gasteiger partial charge in [-0.1, -0.05) is 18.2 Å². The number of thiazole rings is 1. The molecule has 0 aliphatic heterocycles. The average molecular weight is 366 g/mol. The number of carbonyl (C=O) groups is 1. The second-order valence-electron chi connectivity index (χ2n) is 5.71. The Labute approximate surface area is 144 Å². The van der Waals surface area contributed by atoms with Gasteiger partial charge in [-0.3, -0.25) is 4.79 Å². The lowest BCUT2D eigenvalue weighted by Gasteiger charge is -2.04. The molecule has 0 bridgehead atoms. The van der Waals surface area contributed by atoms with Gasteiger partial charge in [-0.2, -0.15) is 0 Å². The molecule has 0 atom stereocenters. The van der Waals surface area contributed by atoms with Crippen molar-refractivity contribution < 1.29 is 17.9 Å². The third-order valence-electron chi connectivity index (χ3n) is 3.37. The number of carbonyl (C=O) groups excluding carboxylic acids is 1. The molecule has 0 unspecified atom stereocenters. The molecule has 2 aromatic rings. The molecule has 1 aromatic heterocycles. The van der Waals surface area contributed by atoms with Crippen LogP contribution in [0.2, 0.25) is 0 Å². The molecule has 1 aliphatic rings. The Balaban J connectivity index is 1.51. The summed E-state index contributed by atoms with van der Waals surface area (Å²) in [6, 6.07) is 9.51. The number of hydrogen-bond donors (Lipinski definition) is 1. The van der Waals surface area contributed by atoms with Crippen molar-refractivity contribution in [3.05, 3.63) is 46.4 Å². The number of hydrogen-bond acceptors (Lipinski definition) is 6. The molecule has 8 heteroatoms. The number of nitrogens with one attached hydrogen (secondary N) is 1. The molecule has 1 aliphatic carbocycles. The van der Waals surface area contributed by atoms with Crippen LogP contribution in [-0.4, -0.2) is 31.1 Å². The Morgan fingerprint density at radius 3 is 2.75 bits per heavy atom. The van der Waals surface area contributed by atoms with Gasteiger partial charge in [0.1, 0.15) is 23.1 Å². The van der Waals surface area contributed by atoms with Crippen molar-refractivity contribution in [3.8, 4) is 5.75 Å². The van der Waals surface area contributed by atoms with Gasteiger partial charge in [-0.15, -0.1) is 11.3 Å². The highest BCUT2D eigenvalue weighted by molar-refractivity contribution is 7.91. The standard InChI is InChI=1S/C16H18N2O4S2/c19-15(17-12-6-7-12)11-24(20,21)10-13-9-23-16(18-13)8-22-14-4-2-1-3-5-14/h1-5,9,12H,6-8,10-11H2,(H,17,19). The van der Waals surface area contributed by atoms with Crippen LogP contribution in [0.3, 0.4) is 0 Å². The van der Waals surface area contributed by atoms with Crippen molar-refractivity contribution in [1.82, 2.24) is 10.3 Å². The summed E-state index contributed by atoms with van der Waals surface area (Å²) in [5.74, 6) is -0.414. The van der Waals surface area contributed by atoms with Gasteiger partial charge < -0.3 is 10.1 Å². The van der Waals surface area contributed by atoms with Crippen LogP contribution in [0.15, 0.2) is 35.7 Å². The Morgan fingerprint density at radius 1 is 1.29 bits per heavy atom. The predicted octanol–water partition coefficient (Wildman–Crippen LogP) is 1.92. The maximum absolute atomic E-state index is 12.1. The minimum absolute atomic E-state index is 0.161. The zero-order valence-corrected chi connectivity index (χ0v) is 14.6. The van der Waals surface area contributed by atoms with Crippen LogP contribution in [-0.2, 0) is 27.0 Å². The molecule has 0 saturated heterocycles. The molecule has 24 heavy (non-hydrogen) atoms. The van der Waals surface area contributed by atoms with E-state index in [4.69, 9.17) is 4.74 Å². The van der Waals surface area contributed by atoms with Crippen molar-refractivity contribution in [3.63, 3.8) is 0 Å². The normalized spacial score (nSPS) is 14.3. The van der Waals surface area contributed by atoms with E-state index in [0.29, 0.717) is 10.7 Å². The summed E-state index contributed by atoms with van der Waals surface area (Å²) in [5.41, 5.74) is 0.450. The first-order chi connectivity index (χ1) is 11.5. The fourth-order valence-electron chi connectivity index (χ4n) is 2.12. The van der Waals surface area contributed by atoms with Crippen LogP contribution in [0, 0.1) is 0 Å². The summed E-state index contributed by atoms with van der Waals surface area (Å²) in [5, 5.41) is 5.08. The van der Waals surface area contributed by atoms with E-state index in [-0.39, 0.29) is 18.4 Å². The van der Waals surface area contributed by atoms with Gasteiger partial charge in [0, 0.05) is 11.4 Å². The Bertz CT molecular complexity index is 798. The molecule has 0 spiro atoms. The van der Waals surface area contributed by atoms with Gasteiger partial charge in [0.25, 0.3) is 0 Å². The number of nitrogens with zero attached hydrogens (tertiary/aromatic N) is 1. The number of ether oxygens (including phenoxy) is 1. The van der Waals surface area contributed by atoms with Crippen molar-refractivity contribution in [2.24, 2.45) is 0 Å². The third-order valence-corrected chi connectivity index (χ3v) is 5.67. The molecule has 1 saturated carbocycles. The minimum Gasteiger partial charge on any atom is -0.486 e. The van der Waals surface area contributed by atoms with Crippen molar-refractivity contribution in [1.29, 1.82) is 0 Å². The molecular formula is C16H18N2O4S2. The lowest BCUT2D eigenvalue weighted by atomic mass is 10.3. The van der Waals surface area contributed by atoms with E-state index < -0.39 is 21.5 Å². The van der Waals surface area contributed by atoms with Gasteiger partial charge in [0.15, 0.2) is 9.84 Å². The molecule has 0 radical (unpaired) electrons. The van der Waals surface area contributed by atoms with Crippen molar-refractivity contribution >= 4 is 27.1 Å². The number of amides is 1. The summed E-state index contributed by atoms with van der Waals surface area (Å²) < 4.78 is 29.7. The maximum atomic E-state index is 12.1. The highest BCUT2D eigenvalue weighted by atomic mass is 32.2. The number of para-hydroxylation sites is 1. The van der Waals surface area contributed by atoms with E-state index in [1.165, 1.54) is 11.3 Å². The van der Waals surface area contributed by atoms with Gasteiger partial charge in [-0.25, -0.2) is 13.4 Å². The molecule has 3 rings (SSSR count). The number of benzene rings is 1. The predicted molar refractivity (Wildman–Crippen MR) is 91.5 cm³/mol. The molecule has 1 N–H and O–H groups in total. The second kappa shape index (κ2) is 7.31. The number of aromatic nitrogens is 1. The van der Waals surface area contributed by atoms with E-state index in [2.05, 4.69) is 10.3 Å². The fraction of sp³-hybridized carbons (Fsp3) is 0.375. The van der Waals surface area contributed by atoms with E-state index in [9.17, 15) is 13.2 Å². The first-order valence-electron chi connectivity index (χ1n) is 7.61. The maximum Gasteiger partial charge on any atom is 0.235 e. The van der Waals surface area contributed by atoms with Gasteiger partial charge in [0.05, 0.1) is 11.4 Å². The van der Waals surface area contributed by atoms with Crippen LogP contribution in [0.25, 0.3) is 0 Å². The van der Waals surface area contributed by atoms with E-state index in [0.717, 1.165) is 18.6 Å². The Hall–Kier alpha value is -1.93. The van der Waals surface area contributed by atoms with E-state index in [1.807, 2.05) is 30.3 Å². The zero-order valence-electron chi connectivity index (χ0n) is 13.0. The van der Waals surface area contributed by atoms with Crippen LogP contribution in [0.4, 0.5) is 0 Å². The summed E-state index contributed by atoms with van der Waals surface area (Å²) in [7, 11) is -3.51. The molecule has 6 nitrogen and oxygen atoms in total. The molecular weight excluding hydrogens is 348 g/mol. The van der Waals surface area contributed by atoms with Crippen LogP contribution in [0.5, 0.6) is 5.75 Å². The second-order valence-corrected chi connectivity index (χ2v) is 8.72. The van der Waals surface area contributed by atoms with E-state index in [1.54, 1.807) is 5.38 Å². The average Bonchev–Trinajstić information content (AvgIpc) is 3.22. The van der Waals surface area contributed by atoms with Crippen molar-refractivity contribution in [2.75, 3.05) is 5.75 Å². The SMILES string of the molecule is O=C(CS(=O)(=O)Cc1csc(COc2ccccc2)n1)NC1CC1. The molecule has 1 aromatic carbocycles. The highest BCUT2D eigenvalue weighted by Crippen LogP contribution is 2.19. The quantitative estimate of drug-likeness (QED) is 0.771. The summed E-state index contributed by atoms with van der Waals surface area (Å²) in [6.07, 6.45) is 1.87. The summed E-state index contributed by atoms with van der Waals surface area (Å²) in [4.78, 5) is 15.9. The summed E-state index contributed by atoms with van der Waals surface area (Å²) in [6.45, 7) is 0.289. The van der Waals surface area contributed by atoms with Gasteiger partial charge in [-0.05, 0) is 25.0 Å². The molecule has 1 fully saturated rings. The Morgan fingerprint density at radius 2 is 2.04 bits per heavy atom. The van der Waals surface area contributed by atoms with Gasteiger partial charge in [0.2, 0.25) is 5.91 Å². The third kappa shape index (κ3) is 5.31. The zero-order chi connectivity index (χ0) is 17.0. The highest BCUT2D eigenvalue weighted by Gasteiger charge is 2.26. The number of sulfone groups is 1. The lowest BCUT2D eigenvalue weighted by Crippen LogP contribution is -2.32. The smallest absolute Gasteiger partial charge is 0.235 e. The molecule has 128 valence electrons. The molecule has 1 amide bonds. The van der Waals surface area contributed by atoms with Crippen LogP contribution < -0.4 is 10.1 Å². The molecule has 1 heterocycles. The van der Waals surface area contributed by atoms with Crippen molar-refractivity contribution in [2.45, 2.75) is 31.2 Å². The minimum atomic E-state index is -3.51.